The van der Waals surface area contributed by atoms with Gasteiger partial charge in [0, 0.05) is 25.2 Å². The van der Waals surface area contributed by atoms with E-state index in [9.17, 15) is 23.6 Å². The lowest BCUT2D eigenvalue weighted by Crippen LogP contribution is -2.28. The lowest BCUT2D eigenvalue weighted by Gasteiger charge is -2.18. The fourth-order valence-electron chi connectivity index (χ4n) is 3.93. The topological polar surface area (TPSA) is 144 Å². The Morgan fingerprint density at radius 3 is 2.53 bits per heavy atom. The average Bonchev–Trinajstić information content (AvgIpc) is 3.38. The number of fused-ring (bicyclic) bond motifs is 2. The molecule has 11 nitrogen and oxygen atoms in total. The summed E-state index contributed by atoms with van der Waals surface area (Å²) in [7, 11) is 0. The molecule has 3 heterocycles. The van der Waals surface area contributed by atoms with E-state index >= 15 is 0 Å². The number of Topliss-reactive ketones (excluding diaryl/α,β-unsaturated/α-hetero) is 1. The van der Waals surface area contributed by atoms with Crippen LogP contribution in [0.1, 0.15) is 49.4 Å². The van der Waals surface area contributed by atoms with Crippen LogP contribution in [0.15, 0.2) is 54.7 Å². The SMILES string of the molecule is CC(=O)c1ccc(CNC(=O)c2cc(C(=O)NCc3ccc4c(c3)NC(=O)CO4)nc3ccnn23)cc1F. The second-order valence-corrected chi connectivity index (χ2v) is 8.53. The van der Waals surface area contributed by atoms with E-state index in [2.05, 4.69) is 26.0 Å². The quantitative estimate of drug-likeness (QED) is 0.320. The zero-order valence-electron chi connectivity index (χ0n) is 20.1. The molecule has 2 aromatic heterocycles. The van der Waals surface area contributed by atoms with Crippen LogP contribution in [-0.2, 0) is 17.9 Å². The van der Waals surface area contributed by atoms with Gasteiger partial charge in [-0.2, -0.15) is 5.10 Å². The standard InChI is InChI=1S/C26H21FN6O5/c1-14(34)17-4-2-15(8-18(17)27)11-29-26(37)21-10-20(31-23-6-7-30-33(21)23)25(36)28-12-16-3-5-22-19(9-16)32-24(35)13-38-22/h2-10H,11-13H2,1H3,(H,28,36)(H,29,37)(H,32,35). The molecular weight excluding hydrogens is 495 g/mol. The van der Waals surface area contributed by atoms with Gasteiger partial charge in [0.15, 0.2) is 18.0 Å². The predicted molar refractivity (Wildman–Crippen MR) is 132 cm³/mol. The third kappa shape index (κ3) is 5.05. The summed E-state index contributed by atoms with van der Waals surface area (Å²) >= 11 is 0. The van der Waals surface area contributed by atoms with Gasteiger partial charge in [0.1, 0.15) is 23.0 Å². The zero-order valence-corrected chi connectivity index (χ0v) is 20.1. The highest BCUT2D eigenvalue weighted by atomic mass is 19.1. The van der Waals surface area contributed by atoms with Gasteiger partial charge in [-0.15, -0.1) is 0 Å². The predicted octanol–water partition coefficient (Wildman–Crippen LogP) is 2.26. The molecule has 0 aliphatic carbocycles. The van der Waals surface area contributed by atoms with Gasteiger partial charge in [0.25, 0.3) is 17.7 Å². The van der Waals surface area contributed by atoms with Crippen LogP contribution in [0.3, 0.4) is 0 Å². The molecular formula is C26H21FN6O5. The maximum atomic E-state index is 14.1. The molecule has 5 rings (SSSR count). The summed E-state index contributed by atoms with van der Waals surface area (Å²) < 4.78 is 20.8. The molecule has 0 atom stereocenters. The van der Waals surface area contributed by atoms with E-state index in [-0.39, 0.29) is 48.2 Å². The van der Waals surface area contributed by atoms with Gasteiger partial charge in [-0.05, 0) is 42.3 Å². The van der Waals surface area contributed by atoms with Crippen molar-refractivity contribution in [3.05, 3.63) is 88.6 Å². The van der Waals surface area contributed by atoms with Crippen LogP contribution in [-0.4, -0.2) is 44.7 Å². The van der Waals surface area contributed by atoms with Crippen molar-refractivity contribution < 1.29 is 28.3 Å². The van der Waals surface area contributed by atoms with Gasteiger partial charge in [0.2, 0.25) is 0 Å². The number of carbonyl (C=O) groups excluding carboxylic acids is 4. The van der Waals surface area contributed by atoms with Crippen LogP contribution in [0.4, 0.5) is 10.1 Å². The summed E-state index contributed by atoms with van der Waals surface area (Å²) in [6, 6.07) is 12.1. The Balaban J connectivity index is 1.30. The number of benzene rings is 2. The fraction of sp³-hybridized carbons (Fsp3) is 0.154. The third-order valence-corrected chi connectivity index (χ3v) is 5.82. The molecule has 0 saturated heterocycles. The summed E-state index contributed by atoms with van der Waals surface area (Å²) in [6.45, 7) is 1.34. The van der Waals surface area contributed by atoms with Gasteiger partial charge in [-0.3, -0.25) is 19.2 Å². The number of rotatable bonds is 7. The minimum absolute atomic E-state index is 0.00500. The van der Waals surface area contributed by atoms with Crippen LogP contribution < -0.4 is 20.7 Å². The third-order valence-electron chi connectivity index (χ3n) is 5.82. The van der Waals surface area contributed by atoms with E-state index in [1.165, 1.54) is 35.8 Å². The van der Waals surface area contributed by atoms with Crippen LogP contribution in [0.25, 0.3) is 5.65 Å². The van der Waals surface area contributed by atoms with E-state index < -0.39 is 23.4 Å². The number of ether oxygens (including phenoxy) is 1. The first kappa shape index (κ1) is 24.6. The number of amides is 3. The van der Waals surface area contributed by atoms with Crippen molar-refractivity contribution in [2.24, 2.45) is 0 Å². The Morgan fingerprint density at radius 1 is 1.03 bits per heavy atom. The van der Waals surface area contributed by atoms with E-state index in [0.717, 1.165) is 0 Å². The Labute approximate surface area is 215 Å². The van der Waals surface area contributed by atoms with Crippen molar-refractivity contribution in [2.75, 3.05) is 11.9 Å². The molecule has 4 aromatic rings. The van der Waals surface area contributed by atoms with Gasteiger partial charge in [0.05, 0.1) is 17.4 Å². The van der Waals surface area contributed by atoms with Crippen molar-refractivity contribution in [3.8, 4) is 5.75 Å². The van der Waals surface area contributed by atoms with E-state index in [4.69, 9.17) is 4.74 Å². The molecule has 0 radical (unpaired) electrons. The largest absolute Gasteiger partial charge is 0.482 e. The molecule has 0 unspecified atom stereocenters. The first-order chi connectivity index (χ1) is 18.3. The second kappa shape index (κ2) is 10.1. The van der Waals surface area contributed by atoms with Crippen molar-refractivity contribution >= 4 is 34.8 Å². The summed E-state index contributed by atoms with van der Waals surface area (Å²) in [4.78, 5) is 53.2. The Bertz CT molecular complexity index is 1620. The van der Waals surface area contributed by atoms with Crippen molar-refractivity contribution in [1.29, 1.82) is 0 Å². The number of nitrogens with zero attached hydrogens (tertiary/aromatic N) is 3. The number of nitrogens with one attached hydrogen (secondary N) is 3. The molecule has 12 heteroatoms. The van der Waals surface area contributed by atoms with E-state index in [0.29, 0.717) is 22.6 Å². The van der Waals surface area contributed by atoms with E-state index in [1.54, 1.807) is 30.3 Å². The summed E-state index contributed by atoms with van der Waals surface area (Å²) in [6.07, 6.45) is 1.44. The molecule has 0 spiro atoms. The Hall–Kier alpha value is -5.13. The molecule has 0 bridgehead atoms. The molecule has 1 aliphatic heterocycles. The number of carbonyl (C=O) groups is 4. The molecule has 0 fully saturated rings. The van der Waals surface area contributed by atoms with Crippen LogP contribution >= 0.6 is 0 Å². The summed E-state index contributed by atoms with van der Waals surface area (Å²) in [5.41, 5.74) is 1.99. The highest BCUT2D eigenvalue weighted by Crippen LogP contribution is 2.28. The number of ketones is 1. The molecule has 0 saturated carbocycles. The summed E-state index contributed by atoms with van der Waals surface area (Å²) in [5.74, 6) is -1.87. The van der Waals surface area contributed by atoms with Gasteiger partial charge < -0.3 is 20.7 Å². The average molecular weight is 516 g/mol. The van der Waals surface area contributed by atoms with Crippen LogP contribution in [0.5, 0.6) is 5.75 Å². The molecule has 1 aliphatic rings. The number of hydrogen-bond donors (Lipinski definition) is 3. The Morgan fingerprint density at radius 2 is 1.76 bits per heavy atom. The van der Waals surface area contributed by atoms with Gasteiger partial charge >= 0.3 is 0 Å². The zero-order chi connectivity index (χ0) is 26.8. The number of aromatic nitrogens is 3. The normalized spacial score (nSPS) is 12.3. The molecule has 2 aromatic carbocycles. The highest BCUT2D eigenvalue weighted by molar-refractivity contribution is 5.98. The lowest BCUT2D eigenvalue weighted by atomic mass is 10.1. The lowest BCUT2D eigenvalue weighted by molar-refractivity contribution is -0.118. The van der Waals surface area contributed by atoms with Crippen LogP contribution in [0, 0.1) is 5.82 Å². The first-order valence-electron chi connectivity index (χ1n) is 11.5. The Kier molecular flexibility index (Phi) is 6.52. The maximum Gasteiger partial charge on any atom is 0.270 e. The minimum atomic E-state index is -0.671. The molecule has 192 valence electrons. The second-order valence-electron chi connectivity index (χ2n) is 8.53. The maximum absolute atomic E-state index is 14.1. The monoisotopic (exact) mass is 516 g/mol. The number of anilines is 1. The van der Waals surface area contributed by atoms with Crippen molar-refractivity contribution in [1.82, 2.24) is 25.2 Å². The highest BCUT2D eigenvalue weighted by Gasteiger charge is 2.19. The first-order valence-corrected chi connectivity index (χ1v) is 11.5. The number of halogens is 1. The van der Waals surface area contributed by atoms with Crippen molar-refractivity contribution in [3.63, 3.8) is 0 Å². The minimum Gasteiger partial charge on any atom is -0.482 e. The van der Waals surface area contributed by atoms with E-state index in [1.807, 2.05) is 0 Å². The smallest absolute Gasteiger partial charge is 0.270 e. The fourth-order valence-corrected chi connectivity index (χ4v) is 3.93. The molecule has 3 N–H and O–H groups in total. The van der Waals surface area contributed by atoms with Gasteiger partial charge in [-0.1, -0.05) is 12.1 Å². The molecule has 38 heavy (non-hydrogen) atoms. The van der Waals surface area contributed by atoms with Crippen LogP contribution in [0.2, 0.25) is 0 Å². The van der Waals surface area contributed by atoms with Gasteiger partial charge in [-0.25, -0.2) is 13.9 Å². The van der Waals surface area contributed by atoms with Crippen molar-refractivity contribution in [2.45, 2.75) is 20.0 Å². The molecule has 3 amide bonds. The summed E-state index contributed by atoms with van der Waals surface area (Å²) in [5, 5.41) is 12.2. The number of hydrogen-bond acceptors (Lipinski definition) is 7.